The highest BCUT2D eigenvalue weighted by atomic mass is 35.5. The van der Waals surface area contributed by atoms with Gasteiger partial charge in [-0.1, -0.05) is 54.9 Å². The number of nitrogens with one attached hydrogen (secondary N) is 2. The lowest BCUT2D eigenvalue weighted by Crippen LogP contribution is -2.32. The summed E-state index contributed by atoms with van der Waals surface area (Å²) in [6.45, 7) is 2.72. The van der Waals surface area contributed by atoms with Gasteiger partial charge in [0.25, 0.3) is 0 Å². The number of H-pyrrole nitrogens is 1. The average molecular weight is 416 g/mol. The van der Waals surface area contributed by atoms with Crippen molar-refractivity contribution in [3.63, 3.8) is 0 Å². The van der Waals surface area contributed by atoms with Gasteiger partial charge in [-0.25, -0.2) is 4.68 Å². The number of aromatic amines is 1. The highest BCUT2D eigenvalue weighted by molar-refractivity contribution is 7.71. The number of benzene rings is 2. The summed E-state index contributed by atoms with van der Waals surface area (Å²) in [6.07, 6.45) is 0.992. The van der Waals surface area contributed by atoms with E-state index in [0.29, 0.717) is 28.0 Å². The zero-order valence-corrected chi connectivity index (χ0v) is 17.3. The highest BCUT2D eigenvalue weighted by Crippen LogP contribution is 2.20. The number of hydrogen-bond acceptors (Lipinski definition) is 4. The molecule has 0 saturated carbocycles. The highest BCUT2D eigenvalue weighted by Gasteiger charge is 2.11. The third-order valence-corrected chi connectivity index (χ3v) is 4.90. The average Bonchev–Trinajstić information content (AvgIpc) is 3.04. The molecule has 0 atom stereocenters. The van der Waals surface area contributed by atoms with E-state index in [1.54, 1.807) is 16.8 Å². The Morgan fingerprint density at radius 3 is 2.64 bits per heavy atom. The van der Waals surface area contributed by atoms with Crippen molar-refractivity contribution >= 4 is 35.4 Å². The molecule has 6 nitrogen and oxygen atoms in total. The Labute approximate surface area is 174 Å². The topological polar surface area (TPSA) is 66.0 Å². The van der Waals surface area contributed by atoms with E-state index in [1.807, 2.05) is 36.2 Å². The van der Waals surface area contributed by atoms with E-state index in [9.17, 15) is 4.79 Å². The molecule has 0 bridgehead atoms. The van der Waals surface area contributed by atoms with E-state index in [2.05, 4.69) is 34.5 Å². The molecule has 1 heterocycles. The van der Waals surface area contributed by atoms with Crippen LogP contribution in [0.15, 0.2) is 48.5 Å². The minimum Gasteiger partial charge on any atom is -0.324 e. The molecule has 8 heteroatoms. The van der Waals surface area contributed by atoms with Crippen molar-refractivity contribution in [2.45, 2.75) is 20.0 Å². The van der Waals surface area contributed by atoms with Gasteiger partial charge < -0.3 is 5.32 Å². The molecule has 2 N–H and O–H groups in total. The maximum absolute atomic E-state index is 12.3. The molecule has 0 fully saturated rings. The first-order valence-corrected chi connectivity index (χ1v) is 9.74. The van der Waals surface area contributed by atoms with Gasteiger partial charge in [-0.05, 0) is 43.4 Å². The zero-order valence-electron chi connectivity index (χ0n) is 15.8. The van der Waals surface area contributed by atoms with Gasteiger partial charge in [0.05, 0.1) is 23.9 Å². The van der Waals surface area contributed by atoms with E-state index >= 15 is 0 Å². The summed E-state index contributed by atoms with van der Waals surface area (Å²) < 4.78 is 2.18. The minimum absolute atomic E-state index is 0.156. The van der Waals surface area contributed by atoms with Gasteiger partial charge in [-0.2, -0.15) is 4.98 Å². The molecular weight excluding hydrogens is 394 g/mol. The minimum atomic E-state index is -0.156. The SMILES string of the molecule is CCc1ccc(-c2nc(=S)n(CN(C)CC(=O)Nc3ccccc3Cl)[nH]2)cc1. The molecule has 3 rings (SSSR count). The number of nitrogens with zero attached hydrogens (tertiary/aromatic N) is 3. The predicted octanol–water partition coefficient (Wildman–Crippen LogP) is 4.35. The number of carbonyl (C=O) groups is 1. The molecule has 146 valence electrons. The number of halogens is 1. The Bertz CT molecular complexity index is 1010. The lowest BCUT2D eigenvalue weighted by molar-refractivity contribution is -0.117. The number of anilines is 1. The first kappa shape index (κ1) is 20.3. The molecule has 1 aromatic heterocycles. The van der Waals surface area contributed by atoms with Crippen molar-refractivity contribution in [2.24, 2.45) is 0 Å². The number of hydrogen-bond donors (Lipinski definition) is 2. The van der Waals surface area contributed by atoms with E-state index < -0.39 is 0 Å². The Morgan fingerprint density at radius 2 is 1.96 bits per heavy atom. The second kappa shape index (κ2) is 9.14. The van der Waals surface area contributed by atoms with Crippen LogP contribution < -0.4 is 5.32 Å². The summed E-state index contributed by atoms with van der Waals surface area (Å²) >= 11 is 11.4. The lowest BCUT2D eigenvalue weighted by Gasteiger charge is -2.16. The van der Waals surface area contributed by atoms with Crippen LogP contribution >= 0.6 is 23.8 Å². The number of carbonyl (C=O) groups excluding carboxylic acids is 1. The molecule has 28 heavy (non-hydrogen) atoms. The van der Waals surface area contributed by atoms with E-state index in [-0.39, 0.29) is 12.5 Å². The maximum Gasteiger partial charge on any atom is 0.238 e. The van der Waals surface area contributed by atoms with Crippen LogP contribution in [0.4, 0.5) is 5.69 Å². The monoisotopic (exact) mass is 415 g/mol. The number of para-hydroxylation sites is 1. The zero-order chi connectivity index (χ0) is 20.1. The summed E-state index contributed by atoms with van der Waals surface area (Å²) in [5.41, 5.74) is 2.84. The van der Waals surface area contributed by atoms with Crippen molar-refractivity contribution in [2.75, 3.05) is 18.9 Å². The maximum atomic E-state index is 12.3. The predicted molar refractivity (Wildman–Crippen MR) is 115 cm³/mol. The fraction of sp³-hybridized carbons (Fsp3) is 0.250. The van der Waals surface area contributed by atoms with Crippen molar-refractivity contribution in [3.8, 4) is 11.4 Å². The van der Waals surface area contributed by atoms with Crippen LogP contribution in [0, 0.1) is 4.77 Å². The summed E-state index contributed by atoms with van der Waals surface area (Å²) in [5.74, 6) is 0.554. The molecule has 0 aliphatic rings. The van der Waals surface area contributed by atoms with Crippen LogP contribution in [0.25, 0.3) is 11.4 Å². The lowest BCUT2D eigenvalue weighted by atomic mass is 10.1. The third-order valence-electron chi connectivity index (χ3n) is 4.26. The molecule has 0 radical (unpaired) electrons. The fourth-order valence-corrected chi connectivity index (χ4v) is 3.15. The first-order valence-electron chi connectivity index (χ1n) is 8.95. The summed E-state index contributed by atoms with van der Waals surface area (Å²) in [7, 11) is 1.84. The summed E-state index contributed by atoms with van der Waals surface area (Å²) in [4.78, 5) is 18.5. The van der Waals surface area contributed by atoms with Crippen molar-refractivity contribution in [3.05, 3.63) is 63.9 Å². The van der Waals surface area contributed by atoms with Crippen LogP contribution in [-0.4, -0.2) is 39.2 Å². The number of likely N-dealkylation sites (N-methyl/N-ethyl adjacent to an activating group) is 1. The molecule has 0 aliphatic heterocycles. The quantitative estimate of drug-likeness (QED) is 0.563. The van der Waals surface area contributed by atoms with Crippen molar-refractivity contribution in [1.82, 2.24) is 19.7 Å². The van der Waals surface area contributed by atoms with E-state index in [1.165, 1.54) is 5.56 Å². The Balaban J connectivity index is 1.63. The molecule has 0 spiro atoms. The van der Waals surface area contributed by atoms with Gasteiger partial charge in [0.2, 0.25) is 10.7 Å². The number of rotatable bonds is 7. The molecule has 0 saturated heterocycles. The van der Waals surface area contributed by atoms with Crippen LogP contribution in [-0.2, 0) is 17.9 Å². The Morgan fingerprint density at radius 1 is 1.25 bits per heavy atom. The molecule has 0 aliphatic carbocycles. The van der Waals surface area contributed by atoms with Crippen molar-refractivity contribution in [1.29, 1.82) is 0 Å². The normalized spacial score (nSPS) is 11.0. The van der Waals surface area contributed by atoms with Crippen LogP contribution in [0.2, 0.25) is 5.02 Å². The smallest absolute Gasteiger partial charge is 0.238 e. The molecular formula is C20H22ClN5OS. The Kier molecular flexibility index (Phi) is 6.61. The summed E-state index contributed by atoms with van der Waals surface area (Å²) in [6, 6.07) is 15.4. The second-order valence-electron chi connectivity index (χ2n) is 6.52. The van der Waals surface area contributed by atoms with Gasteiger partial charge in [-0.15, -0.1) is 0 Å². The van der Waals surface area contributed by atoms with Crippen LogP contribution in [0.5, 0.6) is 0 Å². The number of amides is 1. The molecule has 0 unspecified atom stereocenters. The largest absolute Gasteiger partial charge is 0.324 e. The van der Waals surface area contributed by atoms with Gasteiger partial charge in [0.1, 0.15) is 0 Å². The standard InChI is InChI=1S/C20H22ClN5OS/c1-3-14-8-10-15(11-9-14)19-23-20(28)26(24-19)13-25(2)12-18(27)22-17-7-5-4-6-16(17)21/h4-11H,3,12-13H2,1-2H3,(H,22,27)(H,23,24,28). The van der Waals surface area contributed by atoms with E-state index in [0.717, 1.165) is 12.0 Å². The molecule has 1 amide bonds. The second-order valence-corrected chi connectivity index (χ2v) is 7.29. The first-order chi connectivity index (χ1) is 13.5. The molecule has 2 aromatic carbocycles. The molecule has 3 aromatic rings. The van der Waals surface area contributed by atoms with Gasteiger partial charge in [0.15, 0.2) is 5.82 Å². The van der Waals surface area contributed by atoms with Crippen LogP contribution in [0.3, 0.4) is 0 Å². The van der Waals surface area contributed by atoms with Gasteiger partial charge >= 0.3 is 0 Å². The number of aromatic nitrogens is 3. The van der Waals surface area contributed by atoms with Gasteiger partial charge in [-0.3, -0.25) is 14.8 Å². The Hall–Kier alpha value is -2.48. The van der Waals surface area contributed by atoms with Crippen molar-refractivity contribution < 1.29 is 4.79 Å². The fourth-order valence-electron chi connectivity index (χ4n) is 2.77. The number of aryl methyl sites for hydroxylation is 1. The third kappa shape index (κ3) is 5.07. The van der Waals surface area contributed by atoms with Gasteiger partial charge in [0, 0.05) is 5.56 Å². The summed E-state index contributed by atoms with van der Waals surface area (Å²) in [5, 5.41) is 6.52. The van der Waals surface area contributed by atoms with E-state index in [4.69, 9.17) is 23.8 Å². The van der Waals surface area contributed by atoms with Crippen LogP contribution in [0.1, 0.15) is 12.5 Å².